The second kappa shape index (κ2) is 9.80. The third kappa shape index (κ3) is 5.08. The molecule has 1 aliphatic rings. The van der Waals surface area contributed by atoms with Gasteiger partial charge in [0.15, 0.2) is 0 Å². The van der Waals surface area contributed by atoms with Gasteiger partial charge in [0.25, 0.3) is 5.56 Å². The first-order valence-electron chi connectivity index (χ1n) is 10.1. The van der Waals surface area contributed by atoms with Gasteiger partial charge in [-0.2, -0.15) is 4.31 Å². The summed E-state index contributed by atoms with van der Waals surface area (Å²) in [7, 11) is -3.72. The Morgan fingerprint density at radius 1 is 1.13 bits per heavy atom. The molecule has 0 N–H and O–H groups in total. The molecule has 1 saturated heterocycles. The van der Waals surface area contributed by atoms with Crippen molar-refractivity contribution in [1.29, 1.82) is 0 Å². The fraction of sp³-hybridized carbons (Fsp3) is 0.450. The highest BCUT2D eigenvalue weighted by molar-refractivity contribution is 7.89. The lowest BCUT2D eigenvalue weighted by atomic mass is 10.3. The van der Waals surface area contributed by atoms with Crippen LogP contribution in [-0.2, 0) is 21.4 Å². The maximum atomic E-state index is 12.8. The van der Waals surface area contributed by atoms with Crippen LogP contribution in [0.1, 0.15) is 13.8 Å². The summed E-state index contributed by atoms with van der Waals surface area (Å²) in [6.07, 6.45) is 2.92. The van der Waals surface area contributed by atoms with Crippen LogP contribution >= 0.6 is 11.6 Å². The van der Waals surface area contributed by atoms with Crippen LogP contribution < -0.4 is 10.5 Å². The van der Waals surface area contributed by atoms with Crippen LogP contribution in [0, 0.1) is 0 Å². The number of aromatic nitrogens is 2. The Balaban J connectivity index is 1.70. The normalized spacial score (nSPS) is 14.8. The molecule has 31 heavy (non-hydrogen) atoms. The van der Waals surface area contributed by atoms with E-state index in [1.807, 2.05) is 4.90 Å². The molecule has 0 unspecified atom stereocenters. The van der Waals surface area contributed by atoms with Crippen molar-refractivity contribution >= 4 is 33.3 Å². The molecule has 3 heterocycles. The zero-order valence-electron chi connectivity index (χ0n) is 17.6. The molecule has 0 spiro atoms. The number of carbonyl (C=O) groups excluding carboxylic acids is 1. The van der Waals surface area contributed by atoms with Crippen LogP contribution in [0.15, 0.2) is 46.3 Å². The van der Waals surface area contributed by atoms with Gasteiger partial charge in [-0.25, -0.2) is 13.4 Å². The lowest BCUT2D eigenvalue weighted by Crippen LogP contribution is -2.50. The molecule has 0 aromatic carbocycles. The van der Waals surface area contributed by atoms with Gasteiger partial charge in [0.2, 0.25) is 15.9 Å². The molecule has 2 aromatic heterocycles. The van der Waals surface area contributed by atoms with Gasteiger partial charge in [-0.1, -0.05) is 25.4 Å². The third-order valence-electron chi connectivity index (χ3n) is 5.28. The van der Waals surface area contributed by atoms with E-state index in [1.54, 1.807) is 37.1 Å². The summed E-state index contributed by atoms with van der Waals surface area (Å²) in [5.41, 5.74) is -0.425. The van der Waals surface area contributed by atoms with E-state index in [4.69, 9.17) is 11.6 Å². The van der Waals surface area contributed by atoms with E-state index in [2.05, 4.69) is 4.98 Å². The minimum absolute atomic E-state index is 0.00165. The molecular weight excluding hydrogens is 442 g/mol. The SMILES string of the molecule is CCN(CC)S(=O)(=O)c1ccc(=O)n(CC(=O)N2CCN(c3ncccc3Cl)CC2)c1. The number of halogens is 1. The number of piperazine rings is 1. The zero-order valence-corrected chi connectivity index (χ0v) is 19.1. The molecule has 0 radical (unpaired) electrons. The summed E-state index contributed by atoms with van der Waals surface area (Å²) in [4.78, 5) is 33.0. The molecule has 1 aliphatic heterocycles. The Morgan fingerprint density at radius 3 is 2.42 bits per heavy atom. The average Bonchev–Trinajstić information content (AvgIpc) is 2.76. The summed E-state index contributed by atoms with van der Waals surface area (Å²) < 4.78 is 27.9. The quantitative estimate of drug-likeness (QED) is 0.608. The summed E-state index contributed by atoms with van der Waals surface area (Å²) in [5, 5.41) is 0.556. The van der Waals surface area contributed by atoms with Gasteiger partial charge in [0.05, 0.1) is 9.92 Å². The second-order valence-electron chi connectivity index (χ2n) is 7.10. The maximum absolute atomic E-state index is 12.8. The average molecular weight is 468 g/mol. The standard InChI is InChI=1S/C20H26ClN5O4S/c1-3-26(4-2)31(29,30)16-7-8-18(27)25(14-16)15-19(28)23-10-12-24(13-11-23)20-17(21)6-5-9-22-20/h5-9,14H,3-4,10-13,15H2,1-2H3. The van der Waals surface area contributed by atoms with Crippen molar-refractivity contribution in [2.24, 2.45) is 0 Å². The number of hydrogen-bond donors (Lipinski definition) is 0. The molecule has 0 atom stereocenters. The van der Waals surface area contributed by atoms with Crippen LogP contribution in [0.4, 0.5) is 5.82 Å². The molecule has 2 aromatic rings. The van der Waals surface area contributed by atoms with E-state index in [-0.39, 0.29) is 17.3 Å². The summed E-state index contributed by atoms with van der Waals surface area (Å²) in [6, 6.07) is 6.00. The van der Waals surface area contributed by atoms with Gasteiger partial charge >= 0.3 is 0 Å². The van der Waals surface area contributed by atoms with Gasteiger partial charge in [0, 0.05) is 57.7 Å². The fourth-order valence-electron chi connectivity index (χ4n) is 3.52. The number of anilines is 1. The first kappa shape index (κ1) is 23.2. The summed E-state index contributed by atoms with van der Waals surface area (Å²) in [5.74, 6) is 0.438. The molecular formula is C20H26ClN5O4S. The summed E-state index contributed by atoms with van der Waals surface area (Å²) in [6.45, 7) is 5.96. The number of amides is 1. The van der Waals surface area contributed by atoms with Crippen LogP contribution in [0.5, 0.6) is 0 Å². The van der Waals surface area contributed by atoms with E-state index in [9.17, 15) is 18.0 Å². The monoisotopic (exact) mass is 467 g/mol. The second-order valence-corrected chi connectivity index (χ2v) is 9.44. The molecule has 0 saturated carbocycles. The first-order chi connectivity index (χ1) is 14.8. The Bertz CT molecular complexity index is 1090. The Kier molecular flexibility index (Phi) is 7.34. The van der Waals surface area contributed by atoms with Gasteiger partial charge in [-0.05, 0) is 18.2 Å². The van der Waals surface area contributed by atoms with Gasteiger partial charge in [-0.15, -0.1) is 0 Å². The third-order valence-corrected chi connectivity index (χ3v) is 7.60. The highest BCUT2D eigenvalue weighted by atomic mass is 35.5. The molecule has 0 aliphatic carbocycles. The predicted molar refractivity (Wildman–Crippen MR) is 119 cm³/mol. The first-order valence-corrected chi connectivity index (χ1v) is 11.9. The van der Waals surface area contributed by atoms with Gasteiger partial charge in [0.1, 0.15) is 12.4 Å². The van der Waals surface area contributed by atoms with Crippen molar-refractivity contribution in [3.63, 3.8) is 0 Å². The molecule has 3 rings (SSSR count). The largest absolute Gasteiger partial charge is 0.352 e. The smallest absolute Gasteiger partial charge is 0.251 e. The van der Waals surface area contributed by atoms with Gasteiger partial charge < -0.3 is 14.4 Å². The minimum atomic E-state index is -3.72. The van der Waals surface area contributed by atoms with E-state index in [0.717, 1.165) is 4.57 Å². The van der Waals surface area contributed by atoms with Crippen molar-refractivity contribution in [2.75, 3.05) is 44.2 Å². The molecule has 1 amide bonds. The van der Waals surface area contributed by atoms with Crippen LogP contribution in [0.2, 0.25) is 5.02 Å². The van der Waals surface area contributed by atoms with E-state index >= 15 is 0 Å². The summed E-state index contributed by atoms with van der Waals surface area (Å²) >= 11 is 6.20. The van der Waals surface area contributed by atoms with Crippen LogP contribution in [0.3, 0.4) is 0 Å². The zero-order chi connectivity index (χ0) is 22.6. The number of nitrogens with zero attached hydrogens (tertiary/aromatic N) is 5. The number of sulfonamides is 1. The van der Waals surface area contributed by atoms with Crippen molar-refractivity contribution in [1.82, 2.24) is 18.8 Å². The number of rotatable bonds is 7. The highest BCUT2D eigenvalue weighted by Crippen LogP contribution is 2.23. The molecule has 168 valence electrons. The number of hydrogen-bond acceptors (Lipinski definition) is 6. The van der Waals surface area contributed by atoms with Gasteiger partial charge in [-0.3, -0.25) is 9.59 Å². The Labute approximate surface area is 186 Å². The fourth-order valence-corrected chi connectivity index (χ4v) is 5.24. The lowest BCUT2D eigenvalue weighted by molar-refractivity contribution is -0.132. The number of carbonyl (C=O) groups is 1. The minimum Gasteiger partial charge on any atom is -0.352 e. The van der Waals surface area contributed by atoms with Crippen molar-refractivity contribution < 1.29 is 13.2 Å². The molecule has 0 bridgehead atoms. The van der Waals surface area contributed by atoms with Crippen molar-refractivity contribution in [3.05, 3.63) is 52.0 Å². The van der Waals surface area contributed by atoms with E-state index in [0.29, 0.717) is 50.1 Å². The maximum Gasteiger partial charge on any atom is 0.251 e. The van der Waals surface area contributed by atoms with E-state index in [1.165, 1.54) is 22.6 Å². The Morgan fingerprint density at radius 2 is 1.81 bits per heavy atom. The van der Waals surface area contributed by atoms with Crippen LogP contribution in [0.25, 0.3) is 0 Å². The Hall–Kier alpha value is -2.43. The van der Waals surface area contributed by atoms with Crippen molar-refractivity contribution in [2.45, 2.75) is 25.3 Å². The number of pyridine rings is 2. The molecule has 11 heteroatoms. The topological polar surface area (TPSA) is 95.8 Å². The van der Waals surface area contributed by atoms with Crippen LogP contribution in [-0.4, -0.2) is 72.3 Å². The lowest BCUT2D eigenvalue weighted by Gasteiger charge is -2.35. The molecule has 1 fully saturated rings. The van der Waals surface area contributed by atoms with Crippen molar-refractivity contribution in [3.8, 4) is 0 Å². The predicted octanol–water partition coefficient (Wildman–Crippen LogP) is 1.28. The van der Waals surface area contributed by atoms with E-state index < -0.39 is 15.6 Å². The molecule has 9 nitrogen and oxygen atoms in total. The highest BCUT2D eigenvalue weighted by Gasteiger charge is 2.25.